The molecule has 2 aromatic rings. The Labute approximate surface area is 158 Å². The minimum absolute atomic E-state index is 0.115. The van der Waals surface area contributed by atoms with Crippen LogP contribution in [0.1, 0.15) is 71.0 Å². The normalized spacial score (nSPS) is 30.3. The second-order valence-electron chi connectivity index (χ2n) is 8.66. The minimum Gasteiger partial charge on any atom is -0.390 e. The van der Waals surface area contributed by atoms with Crippen LogP contribution in [0.5, 0.6) is 0 Å². The van der Waals surface area contributed by atoms with Crippen LogP contribution in [0.25, 0.3) is 11.2 Å². The fourth-order valence-electron chi connectivity index (χ4n) is 5.26. The first kappa shape index (κ1) is 18.5. The molecule has 2 N–H and O–H groups in total. The van der Waals surface area contributed by atoms with E-state index in [0.717, 1.165) is 44.3 Å². The second kappa shape index (κ2) is 6.62. The Kier molecular flexibility index (Phi) is 4.53. The fourth-order valence-corrected chi connectivity index (χ4v) is 5.26. The van der Waals surface area contributed by atoms with Crippen molar-refractivity contribution in [3.05, 3.63) is 26.7 Å². The fraction of sp³-hybridized carbons (Fsp3) is 0.750. The topological polar surface area (TPSA) is 92.9 Å². The van der Waals surface area contributed by atoms with Crippen LogP contribution in [-0.2, 0) is 13.1 Å². The summed E-state index contributed by atoms with van der Waals surface area (Å²) in [5.41, 5.74) is -0.354. The van der Waals surface area contributed by atoms with Crippen molar-refractivity contribution in [2.75, 3.05) is 0 Å². The van der Waals surface area contributed by atoms with Gasteiger partial charge in [-0.05, 0) is 57.3 Å². The summed E-state index contributed by atoms with van der Waals surface area (Å²) < 4.78 is 2.95. The first-order chi connectivity index (χ1) is 12.9. The predicted octanol–water partition coefficient (Wildman–Crippen LogP) is 2.36. The van der Waals surface area contributed by atoms with Gasteiger partial charge >= 0.3 is 5.69 Å². The molecule has 0 aromatic carbocycles. The largest absolute Gasteiger partial charge is 0.390 e. The molecule has 2 aromatic heterocycles. The van der Waals surface area contributed by atoms with Crippen LogP contribution in [0.2, 0.25) is 0 Å². The summed E-state index contributed by atoms with van der Waals surface area (Å²) in [5.74, 6) is 1.64. The van der Waals surface area contributed by atoms with E-state index in [1.165, 1.54) is 4.57 Å². The Morgan fingerprint density at radius 3 is 2.59 bits per heavy atom. The molecular formula is C20H30N4O3. The Balaban J connectivity index is 1.87. The molecule has 0 saturated heterocycles. The first-order valence-corrected chi connectivity index (χ1v) is 10.3. The lowest BCUT2D eigenvalue weighted by Gasteiger charge is -2.36. The van der Waals surface area contributed by atoms with Crippen molar-refractivity contribution in [1.29, 1.82) is 0 Å². The quantitative estimate of drug-likeness (QED) is 0.840. The van der Waals surface area contributed by atoms with Gasteiger partial charge in [-0.1, -0.05) is 13.8 Å². The Hall–Kier alpha value is -1.89. The maximum Gasteiger partial charge on any atom is 0.332 e. The number of H-pyrrole nitrogens is 1. The Morgan fingerprint density at radius 2 is 1.89 bits per heavy atom. The number of aromatic nitrogens is 4. The highest BCUT2D eigenvalue weighted by Crippen LogP contribution is 2.54. The molecule has 4 unspecified atom stereocenters. The molecule has 2 fully saturated rings. The van der Waals surface area contributed by atoms with Crippen LogP contribution in [0, 0.1) is 11.8 Å². The molecule has 2 heterocycles. The van der Waals surface area contributed by atoms with Gasteiger partial charge in [-0.3, -0.25) is 13.9 Å². The summed E-state index contributed by atoms with van der Waals surface area (Å²) in [7, 11) is 0. The van der Waals surface area contributed by atoms with E-state index < -0.39 is 5.60 Å². The molecule has 27 heavy (non-hydrogen) atoms. The Morgan fingerprint density at radius 1 is 1.19 bits per heavy atom. The van der Waals surface area contributed by atoms with E-state index in [1.807, 2.05) is 20.8 Å². The molecular weight excluding hydrogens is 344 g/mol. The molecule has 2 aliphatic rings. The molecule has 0 spiro atoms. The van der Waals surface area contributed by atoms with Crippen molar-refractivity contribution in [2.24, 2.45) is 11.8 Å². The van der Waals surface area contributed by atoms with Gasteiger partial charge in [0.1, 0.15) is 11.3 Å². The molecule has 7 heteroatoms. The molecule has 7 nitrogen and oxygen atoms in total. The van der Waals surface area contributed by atoms with E-state index >= 15 is 0 Å². The minimum atomic E-state index is -0.692. The number of nitrogens with zero attached hydrogens (tertiary/aromatic N) is 3. The lowest BCUT2D eigenvalue weighted by molar-refractivity contribution is -0.0311. The zero-order valence-electron chi connectivity index (χ0n) is 16.5. The third-order valence-electron chi connectivity index (χ3n) is 6.64. The van der Waals surface area contributed by atoms with Gasteiger partial charge in [0.25, 0.3) is 5.56 Å². The number of hydrogen-bond acceptors (Lipinski definition) is 4. The van der Waals surface area contributed by atoms with Crippen LogP contribution in [0.4, 0.5) is 0 Å². The molecule has 4 atom stereocenters. The number of nitrogens with one attached hydrogen (secondary N) is 1. The number of aryl methyl sites for hydroxylation is 1. The summed E-state index contributed by atoms with van der Waals surface area (Å²) in [6.07, 6.45) is 5.39. The highest BCUT2D eigenvalue weighted by molar-refractivity contribution is 5.70. The number of aliphatic hydroxyl groups is 1. The standard InChI is InChI=1S/C20H30N4O3/c1-4-8-23-17-15(18(25)24(9-5-2)19(23)26)21-16(22-17)13-10-12-6-7-20(3,27)14(13)11-12/h12-14,27H,4-11H2,1-3H3,(H,21,22). The molecule has 2 bridgehead atoms. The zero-order chi connectivity index (χ0) is 19.3. The monoisotopic (exact) mass is 374 g/mol. The van der Waals surface area contributed by atoms with E-state index in [0.29, 0.717) is 30.2 Å². The lowest BCUT2D eigenvalue weighted by Crippen LogP contribution is -2.40. The smallest absolute Gasteiger partial charge is 0.332 e. The van der Waals surface area contributed by atoms with Crippen molar-refractivity contribution < 1.29 is 5.11 Å². The maximum atomic E-state index is 12.9. The molecule has 4 rings (SSSR count). The van der Waals surface area contributed by atoms with Crippen LogP contribution in [-0.4, -0.2) is 29.8 Å². The number of imidazole rings is 1. The molecule has 2 saturated carbocycles. The Bertz CT molecular complexity index is 968. The van der Waals surface area contributed by atoms with Crippen molar-refractivity contribution in [3.63, 3.8) is 0 Å². The maximum absolute atomic E-state index is 12.9. The summed E-state index contributed by atoms with van der Waals surface area (Å²) in [5, 5.41) is 10.9. The van der Waals surface area contributed by atoms with Crippen molar-refractivity contribution in [2.45, 2.75) is 83.9 Å². The van der Waals surface area contributed by atoms with Gasteiger partial charge in [-0.2, -0.15) is 0 Å². The lowest BCUT2D eigenvalue weighted by atomic mass is 9.75. The molecule has 0 aliphatic heterocycles. The summed E-state index contributed by atoms with van der Waals surface area (Å²) in [6.45, 7) is 6.85. The van der Waals surface area contributed by atoms with Crippen molar-refractivity contribution in [3.8, 4) is 0 Å². The van der Waals surface area contributed by atoms with E-state index in [9.17, 15) is 14.7 Å². The van der Waals surface area contributed by atoms with Gasteiger partial charge in [0, 0.05) is 19.0 Å². The van der Waals surface area contributed by atoms with Crippen molar-refractivity contribution in [1.82, 2.24) is 19.1 Å². The zero-order valence-corrected chi connectivity index (χ0v) is 16.5. The highest BCUT2D eigenvalue weighted by Gasteiger charge is 2.49. The van der Waals surface area contributed by atoms with E-state index in [-0.39, 0.29) is 23.1 Å². The van der Waals surface area contributed by atoms with Gasteiger partial charge in [0.2, 0.25) is 0 Å². The third kappa shape index (κ3) is 2.87. The van der Waals surface area contributed by atoms with E-state index in [1.54, 1.807) is 4.57 Å². The number of aromatic amines is 1. The van der Waals surface area contributed by atoms with Gasteiger partial charge in [0.05, 0.1) is 5.60 Å². The first-order valence-electron chi connectivity index (χ1n) is 10.3. The second-order valence-corrected chi connectivity index (χ2v) is 8.66. The third-order valence-corrected chi connectivity index (χ3v) is 6.64. The molecule has 2 aliphatic carbocycles. The number of rotatable bonds is 5. The number of hydrogen-bond donors (Lipinski definition) is 2. The summed E-state index contributed by atoms with van der Waals surface area (Å²) >= 11 is 0. The summed E-state index contributed by atoms with van der Waals surface area (Å²) in [4.78, 5) is 33.8. The van der Waals surface area contributed by atoms with Gasteiger partial charge in [-0.15, -0.1) is 0 Å². The van der Waals surface area contributed by atoms with Crippen LogP contribution < -0.4 is 11.2 Å². The van der Waals surface area contributed by atoms with Gasteiger partial charge in [-0.25, -0.2) is 9.78 Å². The predicted molar refractivity (Wildman–Crippen MR) is 104 cm³/mol. The van der Waals surface area contributed by atoms with Gasteiger partial charge < -0.3 is 10.1 Å². The van der Waals surface area contributed by atoms with E-state index in [2.05, 4.69) is 4.98 Å². The molecule has 0 radical (unpaired) electrons. The van der Waals surface area contributed by atoms with Crippen LogP contribution >= 0.6 is 0 Å². The average Bonchev–Trinajstić information content (AvgIpc) is 3.22. The molecule has 148 valence electrons. The van der Waals surface area contributed by atoms with Crippen LogP contribution in [0.15, 0.2) is 9.59 Å². The summed E-state index contributed by atoms with van der Waals surface area (Å²) in [6, 6.07) is 0. The SMILES string of the molecule is CCCn1c(=O)c2[nH]c(C3CC4CCC(C)(O)C3C4)nc2n(CCC)c1=O. The van der Waals surface area contributed by atoms with Gasteiger partial charge in [0.15, 0.2) is 5.65 Å². The average molecular weight is 374 g/mol. The van der Waals surface area contributed by atoms with Crippen LogP contribution in [0.3, 0.4) is 0 Å². The highest BCUT2D eigenvalue weighted by atomic mass is 16.3. The van der Waals surface area contributed by atoms with E-state index in [4.69, 9.17) is 4.98 Å². The number of fused-ring (bicyclic) bond motifs is 3. The van der Waals surface area contributed by atoms with Crippen molar-refractivity contribution >= 4 is 11.2 Å². The molecule has 0 amide bonds.